The Bertz CT molecular complexity index is 299. The molecule has 1 rings (SSSR count). The molecular weight excluding hydrogens is 192 g/mol. The third-order valence-electron chi connectivity index (χ3n) is 2.07. The topological polar surface area (TPSA) is 50.4 Å². The maximum atomic E-state index is 10.2. The van der Waals surface area contributed by atoms with E-state index in [9.17, 15) is 4.79 Å². The van der Waals surface area contributed by atoms with E-state index in [1.54, 1.807) is 6.26 Å². The van der Waals surface area contributed by atoms with Crippen molar-refractivity contribution in [2.24, 2.45) is 0 Å². The molecule has 0 aliphatic rings. The molecule has 1 heterocycles. The van der Waals surface area contributed by atoms with Crippen LogP contribution in [0.4, 0.5) is 0 Å². The van der Waals surface area contributed by atoms with Crippen molar-refractivity contribution in [1.29, 1.82) is 0 Å². The Balaban J connectivity index is 2.00. The number of unbranched alkanes of at least 4 members (excludes halogenated alkanes) is 1. The number of hydrogen-bond donors (Lipinski definition) is 1. The van der Waals surface area contributed by atoms with E-state index in [1.807, 2.05) is 18.2 Å². The first kappa shape index (κ1) is 11.6. The molecule has 0 spiro atoms. The van der Waals surface area contributed by atoms with Crippen LogP contribution in [0.15, 0.2) is 35.0 Å². The normalized spacial score (nSPS) is 10.9. The minimum Gasteiger partial charge on any atom is -0.481 e. The number of carbonyl (C=O) groups is 1. The van der Waals surface area contributed by atoms with E-state index < -0.39 is 5.97 Å². The number of carboxylic acid groups (broad SMARTS) is 1. The fraction of sp³-hybridized carbons (Fsp3) is 0.417. The lowest BCUT2D eigenvalue weighted by molar-refractivity contribution is -0.137. The van der Waals surface area contributed by atoms with E-state index in [4.69, 9.17) is 9.52 Å². The van der Waals surface area contributed by atoms with Crippen molar-refractivity contribution in [2.75, 3.05) is 0 Å². The van der Waals surface area contributed by atoms with Crippen LogP contribution in [0.1, 0.15) is 31.4 Å². The van der Waals surface area contributed by atoms with E-state index >= 15 is 0 Å². The van der Waals surface area contributed by atoms with Crippen LogP contribution in [0.5, 0.6) is 0 Å². The molecule has 82 valence electrons. The Kier molecular flexibility index (Phi) is 5.30. The smallest absolute Gasteiger partial charge is 0.303 e. The summed E-state index contributed by atoms with van der Waals surface area (Å²) in [5, 5.41) is 8.40. The third-order valence-corrected chi connectivity index (χ3v) is 2.07. The van der Waals surface area contributed by atoms with Gasteiger partial charge in [0, 0.05) is 12.8 Å². The average molecular weight is 208 g/mol. The number of aliphatic carboxylic acids is 1. The second-order valence-corrected chi connectivity index (χ2v) is 3.38. The second-order valence-electron chi connectivity index (χ2n) is 3.38. The minimum absolute atomic E-state index is 0.253. The maximum absolute atomic E-state index is 10.2. The summed E-state index contributed by atoms with van der Waals surface area (Å²) >= 11 is 0. The highest BCUT2D eigenvalue weighted by Gasteiger charge is 1.94. The molecule has 1 aromatic rings. The first-order valence-corrected chi connectivity index (χ1v) is 5.18. The summed E-state index contributed by atoms with van der Waals surface area (Å²) in [7, 11) is 0. The molecule has 0 saturated heterocycles. The van der Waals surface area contributed by atoms with Crippen LogP contribution in [0.3, 0.4) is 0 Å². The molecule has 0 fully saturated rings. The zero-order chi connectivity index (χ0) is 10.9. The maximum Gasteiger partial charge on any atom is 0.303 e. The monoisotopic (exact) mass is 208 g/mol. The lowest BCUT2D eigenvalue weighted by atomic mass is 10.2. The number of carboxylic acids is 1. The van der Waals surface area contributed by atoms with Gasteiger partial charge in [0.15, 0.2) is 0 Å². The van der Waals surface area contributed by atoms with Gasteiger partial charge in [-0.3, -0.25) is 4.79 Å². The van der Waals surface area contributed by atoms with E-state index in [1.165, 1.54) is 0 Å². The predicted molar refractivity (Wildman–Crippen MR) is 57.7 cm³/mol. The Morgan fingerprint density at radius 2 is 2.20 bits per heavy atom. The van der Waals surface area contributed by atoms with Crippen LogP contribution in [0.25, 0.3) is 0 Å². The van der Waals surface area contributed by atoms with E-state index in [0.717, 1.165) is 25.0 Å². The number of rotatable bonds is 7. The molecule has 3 nitrogen and oxygen atoms in total. The van der Waals surface area contributed by atoms with Gasteiger partial charge < -0.3 is 9.52 Å². The van der Waals surface area contributed by atoms with Gasteiger partial charge in [-0.2, -0.15) is 0 Å². The quantitative estimate of drug-likeness (QED) is 0.553. The number of allylic oxidation sites excluding steroid dienone is 2. The van der Waals surface area contributed by atoms with Crippen LogP contribution in [-0.4, -0.2) is 11.1 Å². The van der Waals surface area contributed by atoms with Gasteiger partial charge in [0.2, 0.25) is 0 Å². The molecular formula is C12H16O3. The molecule has 0 amide bonds. The van der Waals surface area contributed by atoms with Gasteiger partial charge >= 0.3 is 5.97 Å². The summed E-state index contributed by atoms with van der Waals surface area (Å²) in [5.74, 6) is 0.268. The van der Waals surface area contributed by atoms with E-state index in [2.05, 4.69) is 6.08 Å². The Hall–Kier alpha value is -1.51. The fourth-order valence-electron chi connectivity index (χ4n) is 1.29. The van der Waals surface area contributed by atoms with Crippen LogP contribution in [-0.2, 0) is 11.2 Å². The SMILES string of the molecule is O=C(O)CCCC=CCCc1ccco1. The van der Waals surface area contributed by atoms with Crippen LogP contribution >= 0.6 is 0 Å². The molecule has 15 heavy (non-hydrogen) atoms. The van der Waals surface area contributed by atoms with Crippen molar-refractivity contribution in [3.8, 4) is 0 Å². The summed E-state index contributed by atoms with van der Waals surface area (Å²) in [4.78, 5) is 10.2. The zero-order valence-electron chi connectivity index (χ0n) is 8.69. The highest BCUT2D eigenvalue weighted by Crippen LogP contribution is 2.04. The van der Waals surface area contributed by atoms with Crippen molar-refractivity contribution >= 4 is 5.97 Å². The molecule has 0 aliphatic heterocycles. The molecule has 0 unspecified atom stereocenters. The summed E-state index contributed by atoms with van der Waals surface area (Å²) in [6.45, 7) is 0. The van der Waals surface area contributed by atoms with Crippen molar-refractivity contribution in [1.82, 2.24) is 0 Å². The van der Waals surface area contributed by atoms with Gasteiger partial charge in [0.1, 0.15) is 5.76 Å². The van der Waals surface area contributed by atoms with Gasteiger partial charge in [0.25, 0.3) is 0 Å². The van der Waals surface area contributed by atoms with Crippen LogP contribution < -0.4 is 0 Å². The Morgan fingerprint density at radius 1 is 1.40 bits per heavy atom. The number of aryl methyl sites for hydroxylation is 1. The van der Waals surface area contributed by atoms with Gasteiger partial charge in [-0.1, -0.05) is 12.2 Å². The van der Waals surface area contributed by atoms with Gasteiger partial charge in [-0.15, -0.1) is 0 Å². The van der Waals surface area contributed by atoms with E-state index in [-0.39, 0.29) is 6.42 Å². The van der Waals surface area contributed by atoms with Gasteiger partial charge in [-0.05, 0) is 31.4 Å². The van der Waals surface area contributed by atoms with Crippen LogP contribution in [0.2, 0.25) is 0 Å². The second kappa shape index (κ2) is 6.87. The highest BCUT2D eigenvalue weighted by molar-refractivity contribution is 5.66. The molecule has 0 radical (unpaired) electrons. The van der Waals surface area contributed by atoms with Crippen molar-refractivity contribution in [3.63, 3.8) is 0 Å². The lowest BCUT2D eigenvalue weighted by Crippen LogP contribution is -1.92. The summed E-state index contributed by atoms with van der Waals surface area (Å²) < 4.78 is 5.18. The van der Waals surface area contributed by atoms with Crippen molar-refractivity contribution < 1.29 is 14.3 Å². The highest BCUT2D eigenvalue weighted by atomic mass is 16.4. The van der Waals surface area contributed by atoms with Gasteiger partial charge in [0.05, 0.1) is 6.26 Å². The lowest BCUT2D eigenvalue weighted by Gasteiger charge is -1.92. The summed E-state index contributed by atoms with van der Waals surface area (Å²) in [6, 6.07) is 3.84. The molecule has 1 N–H and O–H groups in total. The fourth-order valence-corrected chi connectivity index (χ4v) is 1.29. The Morgan fingerprint density at radius 3 is 2.87 bits per heavy atom. The molecule has 0 atom stereocenters. The molecule has 0 aliphatic carbocycles. The molecule has 3 heteroatoms. The third kappa shape index (κ3) is 5.73. The Labute approximate surface area is 89.4 Å². The zero-order valence-corrected chi connectivity index (χ0v) is 8.69. The average Bonchev–Trinajstić information content (AvgIpc) is 2.68. The first-order chi connectivity index (χ1) is 7.29. The van der Waals surface area contributed by atoms with Crippen LogP contribution in [0, 0.1) is 0 Å². The van der Waals surface area contributed by atoms with Gasteiger partial charge in [-0.25, -0.2) is 0 Å². The standard InChI is InChI=1S/C12H16O3/c13-12(14)9-5-3-1-2-4-7-11-8-6-10-15-11/h1-2,6,8,10H,3-5,7,9H2,(H,13,14). The van der Waals surface area contributed by atoms with E-state index in [0.29, 0.717) is 6.42 Å². The molecule has 0 aromatic carbocycles. The first-order valence-electron chi connectivity index (χ1n) is 5.18. The predicted octanol–water partition coefficient (Wildman–Crippen LogP) is 3.02. The molecule has 1 aromatic heterocycles. The summed E-state index contributed by atoms with van der Waals surface area (Å²) in [6.07, 6.45) is 9.44. The number of hydrogen-bond acceptors (Lipinski definition) is 2. The largest absolute Gasteiger partial charge is 0.481 e. The minimum atomic E-state index is -0.723. The molecule has 0 bridgehead atoms. The van der Waals surface area contributed by atoms with Crippen molar-refractivity contribution in [3.05, 3.63) is 36.3 Å². The van der Waals surface area contributed by atoms with Crippen molar-refractivity contribution in [2.45, 2.75) is 32.1 Å². The number of furan rings is 1. The summed E-state index contributed by atoms with van der Waals surface area (Å²) in [5.41, 5.74) is 0. The molecule has 0 saturated carbocycles.